The van der Waals surface area contributed by atoms with Gasteiger partial charge < -0.3 is 10.3 Å². The third-order valence-corrected chi connectivity index (χ3v) is 5.39. The largest absolute Gasteiger partial charge is 0.369 e. The fourth-order valence-corrected chi connectivity index (χ4v) is 4.62. The Kier molecular flexibility index (Phi) is 4.81. The predicted molar refractivity (Wildman–Crippen MR) is 101 cm³/mol. The normalized spacial score (nSPS) is 11.2. The van der Waals surface area contributed by atoms with Crippen molar-refractivity contribution in [3.63, 3.8) is 0 Å². The molecule has 0 aliphatic heterocycles. The quantitative estimate of drug-likeness (QED) is 0.696. The zero-order valence-corrected chi connectivity index (χ0v) is 15.6. The van der Waals surface area contributed by atoms with Crippen molar-refractivity contribution >= 4 is 51.8 Å². The van der Waals surface area contributed by atoms with Crippen LogP contribution in [0.5, 0.6) is 0 Å². The summed E-state index contributed by atoms with van der Waals surface area (Å²) in [5, 5.41) is 2.25. The van der Waals surface area contributed by atoms with Gasteiger partial charge in [-0.25, -0.2) is 0 Å². The molecule has 24 heavy (non-hydrogen) atoms. The first-order chi connectivity index (χ1) is 11.3. The third kappa shape index (κ3) is 3.41. The van der Waals surface area contributed by atoms with Gasteiger partial charge in [-0.2, -0.15) is 0 Å². The van der Waals surface area contributed by atoms with E-state index in [1.807, 2.05) is 30.7 Å². The number of hydrogen-bond donors (Lipinski definition) is 1. The number of hydrogen-bond acceptors (Lipinski definition) is 2. The topological polar surface area (TPSA) is 48.0 Å². The summed E-state index contributed by atoms with van der Waals surface area (Å²) in [5.74, 6) is -0.358. The number of halogens is 2. The SMILES string of the molecule is Cc1ccc2c(Sc3cc(Cl)cc(Cl)c3)c(CC(N)=O)n(C)c2c1. The lowest BCUT2D eigenvalue weighted by atomic mass is 10.2. The van der Waals surface area contributed by atoms with E-state index in [4.69, 9.17) is 28.9 Å². The Morgan fingerprint density at radius 2 is 1.83 bits per heavy atom. The Balaban J connectivity index is 2.18. The van der Waals surface area contributed by atoms with Crippen LogP contribution in [0.4, 0.5) is 0 Å². The van der Waals surface area contributed by atoms with Gasteiger partial charge in [-0.3, -0.25) is 4.79 Å². The molecular weight excluding hydrogens is 363 g/mol. The Hall–Kier alpha value is -1.62. The van der Waals surface area contributed by atoms with Crippen molar-refractivity contribution in [2.75, 3.05) is 0 Å². The molecular formula is C18H16Cl2N2OS. The van der Waals surface area contributed by atoms with Crippen molar-refractivity contribution in [2.24, 2.45) is 12.8 Å². The van der Waals surface area contributed by atoms with E-state index in [0.717, 1.165) is 32.0 Å². The van der Waals surface area contributed by atoms with Gasteiger partial charge in [-0.05, 0) is 36.8 Å². The van der Waals surface area contributed by atoms with Crippen LogP contribution in [-0.4, -0.2) is 10.5 Å². The van der Waals surface area contributed by atoms with E-state index in [-0.39, 0.29) is 12.3 Å². The van der Waals surface area contributed by atoms with Crippen LogP contribution in [0, 0.1) is 6.92 Å². The Morgan fingerprint density at radius 3 is 2.46 bits per heavy atom. The summed E-state index contributed by atoms with van der Waals surface area (Å²) < 4.78 is 2.03. The summed E-state index contributed by atoms with van der Waals surface area (Å²) in [6, 6.07) is 11.7. The van der Waals surface area contributed by atoms with Gasteiger partial charge in [0, 0.05) is 43.5 Å². The highest BCUT2D eigenvalue weighted by atomic mass is 35.5. The van der Waals surface area contributed by atoms with Gasteiger partial charge in [0.25, 0.3) is 0 Å². The number of aromatic nitrogens is 1. The lowest BCUT2D eigenvalue weighted by Crippen LogP contribution is -2.16. The number of fused-ring (bicyclic) bond motifs is 1. The summed E-state index contributed by atoms with van der Waals surface area (Å²) in [7, 11) is 1.95. The van der Waals surface area contributed by atoms with Gasteiger partial charge in [-0.1, -0.05) is 47.1 Å². The van der Waals surface area contributed by atoms with Crippen molar-refractivity contribution in [3.8, 4) is 0 Å². The molecule has 0 saturated carbocycles. The summed E-state index contributed by atoms with van der Waals surface area (Å²) in [6.07, 6.45) is 0.181. The monoisotopic (exact) mass is 378 g/mol. The number of amides is 1. The van der Waals surface area contributed by atoms with E-state index in [0.29, 0.717) is 10.0 Å². The highest BCUT2D eigenvalue weighted by Crippen LogP contribution is 2.40. The van der Waals surface area contributed by atoms with Crippen LogP contribution in [0.15, 0.2) is 46.2 Å². The molecule has 1 heterocycles. The molecule has 2 aromatic carbocycles. The molecule has 1 amide bonds. The number of carbonyl (C=O) groups excluding carboxylic acids is 1. The number of nitrogens with two attached hydrogens (primary N) is 1. The average Bonchev–Trinajstić information content (AvgIpc) is 2.71. The van der Waals surface area contributed by atoms with Gasteiger partial charge >= 0.3 is 0 Å². The van der Waals surface area contributed by atoms with Crippen LogP contribution in [0.3, 0.4) is 0 Å². The predicted octanol–water partition coefficient (Wildman–Crippen LogP) is 4.97. The molecule has 0 fully saturated rings. The highest BCUT2D eigenvalue weighted by Gasteiger charge is 2.18. The molecule has 3 nitrogen and oxygen atoms in total. The number of aryl methyl sites for hydroxylation is 2. The number of nitrogens with zero attached hydrogens (tertiary/aromatic N) is 1. The molecule has 0 aliphatic carbocycles. The Labute approximate surface area is 154 Å². The maximum absolute atomic E-state index is 11.5. The van der Waals surface area contributed by atoms with Crippen molar-refractivity contribution in [1.82, 2.24) is 4.57 Å². The maximum atomic E-state index is 11.5. The molecule has 1 aromatic heterocycles. The Morgan fingerprint density at radius 1 is 1.17 bits per heavy atom. The molecule has 2 N–H and O–H groups in total. The first kappa shape index (κ1) is 17.2. The number of rotatable bonds is 4. The van der Waals surface area contributed by atoms with E-state index in [9.17, 15) is 4.79 Å². The van der Waals surface area contributed by atoms with Gasteiger partial charge in [0.1, 0.15) is 0 Å². The van der Waals surface area contributed by atoms with Crippen molar-refractivity contribution in [2.45, 2.75) is 23.1 Å². The highest BCUT2D eigenvalue weighted by molar-refractivity contribution is 7.99. The number of primary amides is 1. The lowest BCUT2D eigenvalue weighted by Gasteiger charge is -2.07. The van der Waals surface area contributed by atoms with Crippen LogP contribution in [0.2, 0.25) is 10.0 Å². The summed E-state index contributed by atoms with van der Waals surface area (Å²) >= 11 is 13.8. The smallest absolute Gasteiger partial charge is 0.223 e. The zero-order chi connectivity index (χ0) is 17.4. The minimum atomic E-state index is -0.358. The second-order valence-corrected chi connectivity index (χ2v) is 7.66. The molecule has 0 atom stereocenters. The minimum Gasteiger partial charge on any atom is -0.369 e. The molecule has 6 heteroatoms. The van der Waals surface area contributed by atoms with E-state index in [2.05, 4.69) is 18.2 Å². The average molecular weight is 379 g/mol. The maximum Gasteiger partial charge on any atom is 0.223 e. The Bertz CT molecular complexity index is 930. The molecule has 0 unspecified atom stereocenters. The summed E-state index contributed by atoms with van der Waals surface area (Å²) in [5.41, 5.74) is 8.58. The van der Waals surface area contributed by atoms with Crippen molar-refractivity contribution in [3.05, 3.63) is 57.7 Å². The van der Waals surface area contributed by atoms with Crippen LogP contribution in [0.25, 0.3) is 10.9 Å². The van der Waals surface area contributed by atoms with Crippen LogP contribution in [-0.2, 0) is 18.3 Å². The number of carbonyl (C=O) groups is 1. The van der Waals surface area contributed by atoms with Crippen molar-refractivity contribution < 1.29 is 4.79 Å². The molecule has 3 aromatic rings. The van der Waals surface area contributed by atoms with Crippen LogP contribution >= 0.6 is 35.0 Å². The minimum absolute atomic E-state index is 0.181. The van der Waals surface area contributed by atoms with Crippen LogP contribution in [0.1, 0.15) is 11.3 Å². The zero-order valence-electron chi connectivity index (χ0n) is 13.3. The third-order valence-electron chi connectivity index (χ3n) is 3.82. The lowest BCUT2D eigenvalue weighted by molar-refractivity contribution is -0.117. The molecule has 0 spiro atoms. The van der Waals surface area contributed by atoms with Gasteiger partial charge in [0.15, 0.2) is 0 Å². The second-order valence-electron chi connectivity index (χ2n) is 5.71. The van der Waals surface area contributed by atoms with Gasteiger partial charge in [-0.15, -0.1) is 0 Å². The summed E-state index contributed by atoms with van der Waals surface area (Å²) in [6.45, 7) is 2.05. The molecule has 0 aliphatic rings. The van der Waals surface area contributed by atoms with Gasteiger partial charge in [0.05, 0.1) is 6.42 Å². The first-order valence-corrected chi connectivity index (χ1v) is 8.92. The number of benzene rings is 2. The fraction of sp³-hybridized carbons (Fsp3) is 0.167. The standard InChI is InChI=1S/C18H16Cl2N2OS/c1-10-3-4-14-15(5-10)22(2)16(9-17(21)23)18(14)24-13-7-11(19)6-12(20)8-13/h3-8H,9H2,1-2H3,(H2,21,23). The van der Waals surface area contributed by atoms with Crippen LogP contribution < -0.4 is 5.73 Å². The van der Waals surface area contributed by atoms with E-state index >= 15 is 0 Å². The van der Waals surface area contributed by atoms with E-state index in [1.54, 1.807) is 17.8 Å². The summed E-state index contributed by atoms with van der Waals surface area (Å²) in [4.78, 5) is 13.5. The second kappa shape index (κ2) is 6.71. The molecule has 0 bridgehead atoms. The first-order valence-electron chi connectivity index (χ1n) is 7.35. The van der Waals surface area contributed by atoms with E-state index < -0.39 is 0 Å². The van der Waals surface area contributed by atoms with Gasteiger partial charge in [0.2, 0.25) is 5.91 Å². The fourth-order valence-electron chi connectivity index (χ4n) is 2.75. The molecule has 3 rings (SSSR count). The van der Waals surface area contributed by atoms with Crippen molar-refractivity contribution in [1.29, 1.82) is 0 Å². The molecule has 124 valence electrons. The molecule has 0 saturated heterocycles. The molecule has 0 radical (unpaired) electrons. The van der Waals surface area contributed by atoms with E-state index in [1.165, 1.54) is 0 Å².